The molecule has 1 heterocycles. The van der Waals surface area contributed by atoms with E-state index in [0.29, 0.717) is 13.0 Å². The van der Waals surface area contributed by atoms with Crippen LogP contribution in [-0.4, -0.2) is 14.9 Å². The van der Waals surface area contributed by atoms with Crippen LogP contribution in [0.5, 0.6) is 0 Å². The van der Waals surface area contributed by atoms with Gasteiger partial charge in [-0.1, -0.05) is 13.8 Å². The predicted octanol–water partition coefficient (Wildman–Crippen LogP) is 0.789. The Morgan fingerprint density at radius 3 is 2.53 bits per heavy atom. The van der Waals surface area contributed by atoms with Crippen molar-refractivity contribution in [2.45, 2.75) is 46.2 Å². The first-order valence-electron chi connectivity index (χ1n) is 5.92. The highest BCUT2D eigenvalue weighted by Gasteiger charge is 2.08. The van der Waals surface area contributed by atoms with E-state index in [4.69, 9.17) is 0 Å². The molecule has 0 aromatic carbocycles. The van der Waals surface area contributed by atoms with Gasteiger partial charge in [0.2, 0.25) is 0 Å². The van der Waals surface area contributed by atoms with E-state index in [-0.39, 0.29) is 12.3 Å². The summed E-state index contributed by atoms with van der Waals surface area (Å²) in [5.74, 6) is -0.0825. The lowest BCUT2D eigenvalue weighted by atomic mass is 10.2. The van der Waals surface area contributed by atoms with Crippen molar-refractivity contribution in [3.05, 3.63) is 33.1 Å². The van der Waals surface area contributed by atoms with Crippen LogP contribution in [0.4, 0.5) is 0 Å². The second kappa shape index (κ2) is 6.18. The molecule has 0 aliphatic carbocycles. The van der Waals surface area contributed by atoms with Crippen molar-refractivity contribution in [3.8, 4) is 0 Å². The number of hydrogen-bond acceptors (Lipinski definition) is 3. The quantitative estimate of drug-likeness (QED) is 0.736. The van der Waals surface area contributed by atoms with E-state index in [0.717, 1.165) is 17.4 Å². The van der Waals surface area contributed by atoms with E-state index < -0.39 is 11.2 Å². The third-order valence-corrected chi connectivity index (χ3v) is 2.47. The van der Waals surface area contributed by atoms with Gasteiger partial charge in [0, 0.05) is 25.2 Å². The fraction of sp³-hybridized carbons (Fsp3) is 0.583. The van der Waals surface area contributed by atoms with Gasteiger partial charge in [0.05, 0.1) is 6.54 Å². The number of aryl methyl sites for hydroxylation is 1. The van der Waals surface area contributed by atoms with E-state index >= 15 is 0 Å². The first-order chi connectivity index (χ1) is 8.10. The highest BCUT2D eigenvalue weighted by atomic mass is 16.2. The molecule has 1 aromatic rings. The summed E-state index contributed by atoms with van der Waals surface area (Å²) in [6, 6.07) is 1.33. The molecule has 0 aliphatic heterocycles. The Hall–Kier alpha value is -1.65. The molecule has 17 heavy (non-hydrogen) atoms. The van der Waals surface area contributed by atoms with Gasteiger partial charge < -0.3 is 4.57 Å². The van der Waals surface area contributed by atoms with Crippen LogP contribution in [0.3, 0.4) is 0 Å². The van der Waals surface area contributed by atoms with E-state index in [9.17, 15) is 14.4 Å². The molecule has 0 fully saturated rings. The fourth-order valence-corrected chi connectivity index (χ4v) is 1.65. The highest BCUT2D eigenvalue weighted by Crippen LogP contribution is 1.91. The molecule has 0 radical (unpaired) electrons. The van der Waals surface area contributed by atoms with Gasteiger partial charge in [0.25, 0.3) is 5.56 Å². The molecule has 0 aliphatic rings. The van der Waals surface area contributed by atoms with E-state index in [2.05, 4.69) is 0 Å². The van der Waals surface area contributed by atoms with Crippen LogP contribution in [0, 0.1) is 0 Å². The number of nitrogens with zero attached hydrogens (tertiary/aromatic N) is 2. The summed E-state index contributed by atoms with van der Waals surface area (Å²) >= 11 is 0. The number of carbonyl (C=O) groups is 1. The van der Waals surface area contributed by atoms with Crippen molar-refractivity contribution < 1.29 is 4.79 Å². The molecule has 0 saturated heterocycles. The van der Waals surface area contributed by atoms with Gasteiger partial charge in [-0.25, -0.2) is 4.79 Å². The van der Waals surface area contributed by atoms with Crippen molar-refractivity contribution >= 4 is 5.78 Å². The van der Waals surface area contributed by atoms with Crippen LogP contribution in [0.15, 0.2) is 21.9 Å². The molecule has 0 amide bonds. The zero-order valence-electron chi connectivity index (χ0n) is 10.3. The summed E-state index contributed by atoms with van der Waals surface area (Å²) in [5, 5.41) is 0. The normalized spacial score (nSPS) is 10.5. The van der Waals surface area contributed by atoms with Gasteiger partial charge in [-0.3, -0.25) is 14.2 Å². The Morgan fingerprint density at radius 2 is 1.94 bits per heavy atom. The molecule has 0 spiro atoms. The fourth-order valence-electron chi connectivity index (χ4n) is 1.65. The minimum absolute atomic E-state index is 0.0825. The molecule has 0 unspecified atom stereocenters. The summed E-state index contributed by atoms with van der Waals surface area (Å²) in [5.41, 5.74) is -0.810. The maximum atomic E-state index is 11.9. The third kappa shape index (κ3) is 3.41. The molecule has 1 aromatic heterocycles. The van der Waals surface area contributed by atoms with Crippen LogP contribution in [0.2, 0.25) is 0 Å². The topological polar surface area (TPSA) is 61.1 Å². The summed E-state index contributed by atoms with van der Waals surface area (Å²) in [4.78, 5) is 34.9. The average molecular weight is 238 g/mol. The second-order valence-corrected chi connectivity index (χ2v) is 4.00. The Labute approximate surface area is 99.7 Å². The van der Waals surface area contributed by atoms with Crippen molar-refractivity contribution in [1.82, 2.24) is 9.13 Å². The third-order valence-electron chi connectivity index (χ3n) is 2.47. The maximum Gasteiger partial charge on any atom is 0.331 e. The minimum atomic E-state index is -0.410. The number of carbonyl (C=O) groups excluding carboxylic acids is 1. The van der Waals surface area contributed by atoms with Crippen LogP contribution >= 0.6 is 0 Å². The average Bonchev–Trinajstić information content (AvgIpc) is 2.29. The van der Waals surface area contributed by atoms with Crippen molar-refractivity contribution in [3.63, 3.8) is 0 Å². The summed E-state index contributed by atoms with van der Waals surface area (Å²) in [6.45, 7) is 4.28. The smallest absolute Gasteiger partial charge is 0.300 e. The van der Waals surface area contributed by atoms with Crippen molar-refractivity contribution in [1.29, 1.82) is 0 Å². The second-order valence-electron chi connectivity index (χ2n) is 4.00. The van der Waals surface area contributed by atoms with Crippen molar-refractivity contribution in [2.75, 3.05) is 0 Å². The monoisotopic (exact) mass is 238 g/mol. The number of ketones is 1. The molecule has 0 N–H and O–H groups in total. The highest BCUT2D eigenvalue weighted by molar-refractivity contribution is 5.78. The van der Waals surface area contributed by atoms with Crippen LogP contribution in [0.1, 0.15) is 33.1 Å². The van der Waals surface area contributed by atoms with Crippen molar-refractivity contribution in [2.24, 2.45) is 0 Å². The van der Waals surface area contributed by atoms with E-state index in [1.807, 2.05) is 13.8 Å². The number of rotatable bonds is 6. The zero-order valence-corrected chi connectivity index (χ0v) is 10.3. The van der Waals surface area contributed by atoms with Gasteiger partial charge in [0.1, 0.15) is 0 Å². The zero-order chi connectivity index (χ0) is 12.8. The Morgan fingerprint density at radius 1 is 1.24 bits per heavy atom. The molecular weight excluding hydrogens is 220 g/mol. The number of hydrogen-bond donors (Lipinski definition) is 0. The summed E-state index contributed by atoms with van der Waals surface area (Å²) in [7, 11) is 0. The van der Waals surface area contributed by atoms with Crippen LogP contribution in [0.25, 0.3) is 0 Å². The Kier molecular flexibility index (Phi) is 4.87. The van der Waals surface area contributed by atoms with Gasteiger partial charge in [-0.15, -0.1) is 0 Å². The number of Topliss-reactive ketones (excluding diaryl/α,β-unsaturated/α-hetero) is 1. The molecule has 0 bridgehead atoms. The SMILES string of the molecule is CCCC(=O)Cn1c(=O)ccn(CCC)c1=O. The molecule has 0 atom stereocenters. The van der Waals surface area contributed by atoms with E-state index in [1.54, 1.807) is 0 Å². The molecule has 94 valence electrons. The molecule has 1 rings (SSSR count). The number of aromatic nitrogens is 2. The van der Waals surface area contributed by atoms with Gasteiger partial charge in [-0.05, 0) is 12.8 Å². The molecule has 5 nitrogen and oxygen atoms in total. The lowest BCUT2D eigenvalue weighted by Gasteiger charge is -2.07. The summed E-state index contributed by atoms with van der Waals surface area (Å²) in [6.07, 6.45) is 3.41. The minimum Gasteiger partial charge on any atom is -0.300 e. The van der Waals surface area contributed by atoms with E-state index in [1.165, 1.54) is 16.8 Å². The first-order valence-corrected chi connectivity index (χ1v) is 5.92. The summed E-state index contributed by atoms with van der Waals surface area (Å²) < 4.78 is 2.47. The maximum absolute atomic E-state index is 11.9. The lowest BCUT2D eigenvalue weighted by Crippen LogP contribution is -2.40. The standard InChI is InChI=1S/C12H18N2O3/c1-3-5-10(15)9-14-11(16)6-8-13(7-4-2)12(14)17/h6,8H,3-5,7,9H2,1-2H3. The van der Waals surface area contributed by atoms with Crippen LogP contribution in [-0.2, 0) is 17.9 Å². The first kappa shape index (κ1) is 13.4. The largest absolute Gasteiger partial charge is 0.331 e. The van der Waals surface area contributed by atoms with Gasteiger partial charge in [-0.2, -0.15) is 0 Å². The molecule has 5 heteroatoms. The predicted molar refractivity (Wildman–Crippen MR) is 65.2 cm³/mol. The van der Waals surface area contributed by atoms with Gasteiger partial charge in [0.15, 0.2) is 5.78 Å². The lowest BCUT2D eigenvalue weighted by molar-refractivity contribution is -0.119. The Balaban J connectivity index is 3.06. The van der Waals surface area contributed by atoms with Gasteiger partial charge >= 0.3 is 5.69 Å². The molecule has 0 saturated carbocycles. The Bertz CT molecular complexity index is 499. The van der Waals surface area contributed by atoms with Crippen LogP contribution < -0.4 is 11.2 Å². The molecular formula is C12H18N2O3.